The molecule has 4 rings (SSSR count). The summed E-state index contributed by atoms with van der Waals surface area (Å²) in [4.78, 5) is 12.9. The van der Waals surface area contributed by atoms with Crippen LogP contribution in [-0.4, -0.2) is 19.0 Å². The highest BCUT2D eigenvalue weighted by Gasteiger charge is 2.58. The van der Waals surface area contributed by atoms with Crippen molar-refractivity contribution >= 4 is 5.78 Å². The topological polar surface area (TPSA) is 26.3 Å². The largest absolute Gasteiger partial charge is 0.381 e. The van der Waals surface area contributed by atoms with Gasteiger partial charge in [-0.2, -0.15) is 0 Å². The van der Waals surface area contributed by atoms with E-state index >= 15 is 0 Å². The molecule has 4 unspecified atom stereocenters. The van der Waals surface area contributed by atoms with Crippen LogP contribution in [-0.2, 0) is 9.53 Å². The Morgan fingerprint density at radius 3 is 2.31 bits per heavy atom. The molecule has 1 heterocycles. The van der Waals surface area contributed by atoms with E-state index in [0.29, 0.717) is 29.0 Å². The van der Waals surface area contributed by atoms with Gasteiger partial charge in [-0.25, -0.2) is 0 Å². The molecule has 0 aromatic carbocycles. The van der Waals surface area contributed by atoms with Gasteiger partial charge in [0.15, 0.2) is 0 Å². The summed E-state index contributed by atoms with van der Waals surface area (Å²) in [5.74, 6) is 2.99. The predicted octanol–water partition coefficient (Wildman–Crippen LogP) is 6.67. The second kappa shape index (κ2) is 9.22. The maximum atomic E-state index is 12.9. The summed E-state index contributed by atoms with van der Waals surface area (Å²) in [5, 5.41) is 0. The first-order chi connectivity index (χ1) is 12.5. The van der Waals surface area contributed by atoms with E-state index in [0.717, 1.165) is 32.0 Å². The Bertz CT molecular complexity index is 453. The number of ether oxygens (including phenoxy) is 1. The molecule has 4 fully saturated rings. The van der Waals surface area contributed by atoms with Crippen LogP contribution in [0.4, 0.5) is 0 Å². The lowest BCUT2D eigenvalue weighted by molar-refractivity contribution is -0.154. The second-order valence-electron chi connectivity index (χ2n) is 9.31. The molecule has 6 atom stereocenters. The molecule has 0 aromatic heterocycles. The fourth-order valence-corrected chi connectivity index (χ4v) is 6.98. The van der Waals surface area contributed by atoms with E-state index in [1.54, 1.807) is 0 Å². The SMILES string of the molecule is CC.CC.C[C@]12CCCCC1[C@@]1(C)CC(C3CCOC3)CC(=O)C1CC2. The Balaban J connectivity index is 0.000000570. The lowest BCUT2D eigenvalue weighted by Crippen LogP contribution is -2.55. The highest BCUT2D eigenvalue weighted by atomic mass is 16.5. The number of carbonyl (C=O) groups is 1. The van der Waals surface area contributed by atoms with Crippen LogP contribution < -0.4 is 0 Å². The Morgan fingerprint density at radius 1 is 0.923 bits per heavy atom. The quantitative estimate of drug-likeness (QED) is 0.519. The summed E-state index contributed by atoms with van der Waals surface area (Å²) >= 11 is 0. The van der Waals surface area contributed by atoms with Crippen molar-refractivity contribution in [3.8, 4) is 0 Å². The molecular formula is C24H44O2. The fourth-order valence-electron chi connectivity index (χ4n) is 6.98. The Hall–Kier alpha value is -0.370. The van der Waals surface area contributed by atoms with E-state index in [1.807, 2.05) is 27.7 Å². The van der Waals surface area contributed by atoms with Crippen LogP contribution in [0.3, 0.4) is 0 Å². The fraction of sp³-hybridized carbons (Fsp3) is 0.958. The number of fused-ring (bicyclic) bond motifs is 3. The van der Waals surface area contributed by atoms with Crippen molar-refractivity contribution in [3.63, 3.8) is 0 Å². The highest BCUT2D eigenvalue weighted by molar-refractivity contribution is 5.83. The third-order valence-electron chi connectivity index (χ3n) is 8.11. The van der Waals surface area contributed by atoms with Crippen molar-refractivity contribution in [2.45, 2.75) is 99.3 Å². The maximum absolute atomic E-state index is 12.9. The van der Waals surface area contributed by atoms with Crippen molar-refractivity contribution in [3.05, 3.63) is 0 Å². The first-order valence-electron chi connectivity index (χ1n) is 11.6. The van der Waals surface area contributed by atoms with Crippen molar-refractivity contribution in [1.29, 1.82) is 0 Å². The minimum absolute atomic E-state index is 0.274. The van der Waals surface area contributed by atoms with Crippen molar-refractivity contribution in [2.24, 2.45) is 34.5 Å². The zero-order valence-corrected chi connectivity index (χ0v) is 18.4. The Morgan fingerprint density at radius 2 is 1.65 bits per heavy atom. The summed E-state index contributed by atoms with van der Waals surface area (Å²) in [5.41, 5.74) is 0.786. The molecular weight excluding hydrogens is 320 g/mol. The van der Waals surface area contributed by atoms with E-state index in [9.17, 15) is 4.79 Å². The molecule has 0 bridgehead atoms. The molecule has 0 N–H and O–H groups in total. The van der Waals surface area contributed by atoms with Crippen molar-refractivity contribution < 1.29 is 9.53 Å². The van der Waals surface area contributed by atoms with Crippen LogP contribution in [0.15, 0.2) is 0 Å². The van der Waals surface area contributed by atoms with Crippen LogP contribution in [0.1, 0.15) is 99.3 Å². The smallest absolute Gasteiger partial charge is 0.136 e. The van der Waals surface area contributed by atoms with Gasteiger partial charge in [0, 0.05) is 25.6 Å². The van der Waals surface area contributed by atoms with Gasteiger partial charge >= 0.3 is 0 Å². The normalized spacial score (nSPS) is 44.6. The van der Waals surface area contributed by atoms with E-state index < -0.39 is 0 Å². The second-order valence-corrected chi connectivity index (χ2v) is 9.31. The summed E-state index contributed by atoms with van der Waals surface area (Å²) in [6, 6.07) is 0. The van der Waals surface area contributed by atoms with Crippen molar-refractivity contribution in [1.82, 2.24) is 0 Å². The summed E-state index contributed by atoms with van der Waals surface area (Å²) < 4.78 is 5.63. The van der Waals surface area contributed by atoms with Gasteiger partial charge in [0.05, 0.1) is 0 Å². The molecule has 152 valence electrons. The summed E-state index contributed by atoms with van der Waals surface area (Å²) in [6.07, 6.45) is 11.3. The molecule has 0 radical (unpaired) electrons. The molecule has 2 nitrogen and oxygen atoms in total. The molecule has 26 heavy (non-hydrogen) atoms. The number of hydrogen-bond donors (Lipinski definition) is 0. The lowest BCUT2D eigenvalue weighted by atomic mass is 9.43. The van der Waals surface area contributed by atoms with Gasteiger partial charge in [-0.3, -0.25) is 4.79 Å². The van der Waals surface area contributed by atoms with E-state index in [4.69, 9.17) is 4.74 Å². The van der Waals surface area contributed by atoms with Gasteiger partial charge in [-0.1, -0.05) is 54.4 Å². The summed E-state index contributed by atoms with van der Waals surface area (Å²) in [7, 11) is 0. The number of Topliss-reactive ketones (excluding diaryl/α,β-unsaturated/α-hetero) is 1. The zero-order valence-electron chi connectivity index (χ0n) is 18.4. The monoisotopic (exact) mass is 364 g/mol. The highest BCUT2D eigenvalue weighted by Crippen LogP contribution is 2.64. The van der Waals surface area contributed by atoms with Crippen LogP contribution in [0, 0.1) is 34.5 Å². The molecule has 1 saturated heterocycles. The first-order valence-corrected chi connectivity index (χ1v) is 11.6. The lowest BCUT2D eigenvalue weighted by Gasteiger charge is -2.61. The van der Waals surface area contributed by atoms with E-state index in [1.165, 1.54) is 44.9 Å². The van der Waals surface area contributed by atoms with E-state index in [2.05, 4.69) is 13.8 Å². The van der Waals surface area contributed by atoms with Gasteiger partial charge in [-0.15, -0.1) is 0 Å². The molecule has 0 aromatic rings. The first kappa shape index (κ1) is 21.9. The average molecular weight is 365 g/mol. The molecule has 0 spiro atoms. The Kier molecular flexibility index (Phi) is 7.77. The molecule has 3 aliphatic carbocycles. The third-order valence-corrected chi connectivity index (χ3v) is 8.11. The Labute approximate surface area is 162 Å². The standard InChI is InChI=1S/C20H32O2.2C2H6/c1-19-8-4-3-5-18(19)20(2)12-15(14-7-10-22-13-14)11-17(21)16(20)6-9-19;2*1-2/h14-16,18H,3-13H2,1-2H3;2*1-2H3/t14?,15?,16?,18?,19-,20+;;/m1../s1. The van der Waals surface area contributed by atoms with Crippen LogP contribution in [0.5, 0.6) is 0 Å². The van der Waals surface area contributed by atoms with Crippen LogP contribution in [0.2, 0.25) is 0 Å². The van der Waals surface area contributed by atoms with Gasteiger partial charge in [-0.05, 0) is 67.1 Å². The molecule has 4 aliphatic rings. The van der Waals surface area contributed by atoms with Gasteiger partial charge in [0.1, 0.15) is 5.78 Å². The molecule has 0 amide bonds. The third kappa shape index (κ3) is 3.91. The molecule has 3 saturated carbocycles. The van der Waals surface area contributed by atoms with Crippen LogP contribution in [0.25, 0.3) is 0 Å². The maximum Gasteiger partial charge on any atom is 0.136 e. The minimum atomic E-state index is 0.274. The molecule has 1 aliphatic heterocycles. The average Bonchev–Trinajstić information content (AvgIpc) is 3.19. The minimum Gasteiger partial charge on any atom is -0.381 e. The predicted molar refractivity (Wildman–Crippen MR) is 110 cm³/mol. The van der Waals surface area contributed by atoms with Crippen molar-refractivity contribution in [2.75, 3.05) is 13.2 Å². The van der Waals surface area contributed by atoms with Gasteiger partial charge in [0.2, 0.25) is 0 Å². The van der Waals surface area contributed by atoms with Crippen LogP contribution >= 0.6 is 0 Å². The zero-order chi connectivity index (χ0) is 19.4. The van der Waals surface area contributed by atoms with E-state index in [-0.39, 0.29) is 5.41 Å². The van der Waals surface area contributed by atoms with Gasteiger partial charge < -0.3 is 4.74 Å². The number of rotatable bonds is 1. The molecule has 2 heteroatoms. The number of carbonyl (C=O) groups excluding carboxylic acids is 1. The summed E-state index contributed by atoms with van der Waals surface area (Å²) in [6.45, 7) is 14.8. The number of hydrogen-bond acceptors (Lipinski definition) is 2. The number of ketones is 1. The van der Waals surface area contributed by atoms with Gasteiger partial charge in [0.25, 0.3) is 0 Å².